The van der Waals surface area contributed by atoms with Gasteiger partial charge in [-0.05, 0) is 0 Å². The number of hydrogen-bond donors (Lipinski definition) is 3. The predicted molar refractivity (Wildman–Crippen MR) is 36.2 cm³/mol. The Morgan fingerprint density at radius 3 is 2.30 bits per heavy atom. The quantitative estimate of drug-likeness (QED) is 0.485. The molecule has 0 aliphatic carbocycles. The summed E-state index contributed by atoms with van der Waals surface area (Å²) in [4.78, 5) is 14.7. The molecule has 10 heavy (non-hydrogen) atoms. The van der Waals surface area contributed by atoms with E-state index in [1.807, 2.05) is 4.98 Å². The zero-order valence-electron chi connectivity index (χ0n) is 5.21. The summed E-state index contributed by atoms with van der Waals surface area (Å²) < 4.78 is 10.7. The molecule has 5 nitrogen and oxygen atoms in total. The summed E-state index contributed by atoms with van der Waals surface area (Å²) in [5.41, 5.74) is -0.474. The first kappa shape index (κ1) is 7.02. The Kier molecular flexibility index (Phi) is 1.59. The highest BCUT2D eigenvalue weighted by atomic mass is 31.1. The van der Waals surface area contributed by atoms with E-state index >= 15 is 0 Å². The van der Waals surface area contributed by atoms with Gasteiger partial charge in [0.25, 0.3) is 5.88 Å². The number of aromatic amines is 2. The molecule has 1 heterocycles. The predicted octanol–water partition coefficient (Wildman–Crippen LogP) is -0.509. The maximum Gasteiger partial charge on any atom is 0.397 e. The second-order valence-corrected chi connectivity index (χ2v) is 3.22. The van der Waals surface area contributed by atoms with Gasteiger partial charge in [-0.1, -0.05) is 4.57 Å². The van der Waals surface area contributed by atoms with Gasteiger partial charge in [0, 0.05) is 0 Å². The number of nitrogens with one attached hydrogen (secondary N) is 2. The van der Waals surface area contributed by atoms with Crippen molar-refractivity contribution in [2.75, 3.05) is 6.66 Å². The Balaban J connectivity index is 3.28. The lowest BCUT2D eigenvalue weighted by Gasteiger charge is -1.75. The molecule has 1 aromatic rings. The third kappa shape index (κ3) is 1.09. The number of rotatable bonds is 1. The molecule has 0 aliphatic rings. The van der Waals surface area contributed by atoms with E-state index in [-0.39, 0.29) is 11.3 Å². The molecule has 0 saturated carbocycles. The summed E-state index contributed by atoms with van der Waals surface area (Å²) in [5.74, 6) is -0.339. The van der Waals surface area contributed by atoms with Crippen molar-refractivity contribution in [2.24, 2.45) is 0 Å². The van der Waals surface area contributed by atoms with E-state index in [0.29, 0.717) is 0 Å². The molecule has 1 rings (SSSR count). The van der Waals surface area contributed by atoms with Gasteiger partial charge in [0.1, 0.15) is 6.66 Å². The average Bonchev–Trinajstić information content (AvgIpc) is 2.10. The van der Waals surface area contributed by atoms with Crippen molar-refractivity contribution < 1.29 is 9.67 Å². The van der Waals surface area contributed by atoms with E-state index in [2.05, 4.69) is 4.98 Å². The van der Waals surface area contributed by atoms with E-state index < -0.39 is 13.5 Å². The fraction of sp³-hybridized carbons (Fsp3) is 0.250. The van der Waals surface area contributed by atoms with Gasteiger partial charge in [-0.3, -0.25) is 9.97 Å². The molecular weight excluding hydrogens is 155 g/mol. The minimum atomic E-state index is -1.68. The minimum absolute atomic E-state index is 0.0694. The van der Waals surface area contributed by atoms with Crippen LogP contribution in [0.25, 0.3) is 0 Å². The first-order chi connectivity index (χ1) is 4.61. The lowest BCUT2D eigenvalue weighted by molar-refractivity contribution is 0.459. The zero-order chi connectivity index (χ0) is 7.72. The molecule has 54 valence electrons. The molecule has 0 radical (unpaired) electrons. The number of H-pyrrole nitrogens is 2. The van der Waals surface area contributed by atoms with Crippen LogP contribution >= 0.6 is 7.80 Å². The van der Waals surface area contributed by atoms with Gasteiger partial charge in [0.05, 0.1) is 0 Å². The Labute approximate surface area is 56.9 Å². The Bertz CT molecular complexity index is 313. The second kappa shape index (κ2) is 2.27. The van der Waals surface area contributed by atoms with Gasteiger partial charge < -0.3 is 5.11 Å². The molecule has 0 aromatic carbocycles. The zero-order valence-corrected chi connectivity index (χ0v) is 6.11. The van der Waals surface area contributed by atoms with Crippen LogP contribution in [0.1, 0.15) is 0 Å². The lowest BCUT2D eigenvalue weighted by atomic mass is 10.9. The molecule has 1 atom stereocenters. The van der Waals surface area contributed by atoms with Crippen molar-refractivity contribution in [3.05, 3.63) is 10.5 Å². The summed E-state index contributed by atoms with van der Waals surface area (Å²) >= 11 is 0. The normalized spacial score (nSPS) is 11.5. The molecule has 3 N–H and O–H groups in total. The van der Waals surface area contributed by atoms with Gasteiger partial charge >= 0.3 is 18.9 Å². The van der Waals surface area contributed by atoms with Crippen molar-refractivity contribution >= 4 is 13.2 Å². The SMILES string of the molecule is C[P+](=O)c1[nH]c(=O)[nH]c1O. The van der Waals surface area contributed by atoms with E-state index in [4.69, 9.17) is 5.11 Å². The van der Waals surface area contributed by atoms with Crippen LogP contribution in [0.15, 0.2) is 4.79 Å². The first-order valence-electron chi connectivity index (χ1n) is 2.53. The van der Waals surface area contributed by atoms with Crippen LogP contribution in [0.2, 0.25) is 0 Å². The van der Waals surface area contributed by atoms with Crippen LogP contribution in [0.3, 0.4) is 0 Å². The number of hydrogen-bond acceptors (Lipinski definition) is 3. The highest BCUT2D eigenvalue weighted by Crippen LogP contribution is 2.15. The summed E-state index contributed by atoms with van der Waals surface area (Å²) in [6, 6.07) is 0. The lowest BCUT2D eigenvalue weighted by Crippen LogP contribution is -2.05. The highest BCUT2D eigenvalue weighted by molar-refractivity contribution is 7.52. The topological polar surface area (TPSA) is 86.0 Å². The van der Waals surface area contributed by atoms with Crippen molar-refractivity contribution in [1.82, 2.24) is 9.97 Å². The van der Waals surface area contributed by atoms with E-state index in [9.17, 15) is 9.36 Å². The smallest absolute Gasteiger partial charge is 0.397 e. The molecular formula is C4H6N2O3P+. The van der Waals surface area contributed by atoms with Gasteiger partial charge in [-0.15, -0.1) is 0 Å². The van der Waals surface area contributed by atoms with E-state index in [1.165, 1.54) is 6.66 Å². The summed E-state index contributed by atoms with van der Waals surface area (Å²) in [6.45, 7) is 1.40. The van der Waals surface area contributed by atoms with Gasteiger partial charge in [0.15, 0.2) is 0 Å². The maximum absolute atomic E-state index is 10.7. The van der Waals surface area contributed by atoms with Gasteiger partial charge in [0.2, 0.25) is 0 Å². The highest BCUT2D eigenvalue weighted by Gasteiger charge is 2.21. The number of imidazole rings is 1. The third-order valence-corrected chi connectivity index (χ3v) is 1.96. The summed E-state index contributed by atoms with van der Waals surface area (Å²) in [7, 11) is -1.68. The van der Waals surface area contributed by atoms with Crippen LogP contribution in [-0.2, 0) is 4.57 Å². The first-order valence-corrected chi connectivity index (χ1v) is 4.24. The maximum atomic E-state index is 10.7. The molecule has 6 heteroatoms. The molecule has 0 amide bonds. The molecule has 0 fully saturated rings. The van der Waals surface area contributed by atoms with Crippen molar-refractivity contribution in [3.63, 3.8) is 0 Å². The standard InChI is InChI=1S/C4H5N2O3P/c1-10(9)3-2(7)5-4(8)6-3/h1H3,(H2-,5,6,7,8,9)/p+1. The largest absolute Gasteiger partial charge is 0.490 e. The van der Waals surface area contributed by atoms with E-state index in [1.54, 1.807) is 0 Å². The Morgan fingerprint density at radius 1 is 1.50 bits per heavy atom. The third-order valence-electron chi connectivity index (χ3n) is 1.00. The van der Waals surface area contributed by atoms with Crippen molar-refractivity contribution in [1.29, 1.82) is 0 Å². The van der Waals surface area contributed by atoms with Gasteiger partial charge in [-0.2, -0.15) is 0 Å². The molecule has 0 aliphatic heterocycles. The summed E-state index contributed by atoms with van der Waals surface area (Å²) in [5, 5.41) is 8.83. The van der Waals surface area contributed by atoms with E-state index in [0.717, 1.165) is 0 Å². The fourth-order valence-electron chi connectivity index (χ4n) is 0.593. The van der Waals surface area contributed by atoms with Crippen LogP contribution in [-0.4, -0.2) is 21.7 Å². The van der Waals surface area contributed by atoms with Crippen LogP contribution < -0.4 is 11.1 Å². The Hall–Kier alpha value is -1.09. The monoisotopic (exact) mass is 161 g/mol. The van der Waals surface area contributed by atoms with Crippen molar-refractivity contribution in [2.45, 2.75) is 0 Å². The van der Waals surface area contributed by atoms with Crippen molar-refractivity contribution in [3.8, 4) is 5.88 Å². The fourth-order valence-corrected chi connectivity index (χ4v) is 1.21. The molecule has 1 unspecified atom stereocenters. The van der Waals surface area contributed by atoms with Crippen LogP contribution in [0.4, 0.5) is 0 Å². The number of aromatic nitrogens is 2. The molecule has 0 saturated heterocycles. The number of aromatic hydroxyl groups is 1. The summed E-state index contributed by atoms with van der Waals surface area (Å²) in [6.07, 6.45) is 0. The minimum Gasteiger partial charge on any atom is -0.490 e. The molecule has 0 bridgehead atoms. The van der Waals surface area contributed by atoms with Crippen LogP contribution in [0.5, 0.6) is 5.88 Å². The second-order valence-electron chi connectivity index (χ2n) is 1.77. The average molecular weight is 161 g/mol. The molecule has 0 spiro atoms. The Morgan fingerprint density at radius 2 is 2.10 bits per heavy atom. The van der Waals surface area contributed by atoms with Crippen LogP contribution in [0, 0.1) is 0 Å². The van der Waals surface area contributed by atoms with Gasteiger partial charge in [-0.25, -0.2) is 4.79 Å². The molecule has 1 aromatic heterocycles.